The molecule has 5 heavy (non-hydrogen) atoms. The summed E-state index contributed by atoms with van der Waals surface area (Å²) in [4.78, 5) is 0. The molecule has 0 aromatic carbocycles. The molecule has 0 aliphatic carbocycles. The van der Waals surface area contributed by atoms with Crippen LogP contribution in [0.2, 0.25) is 0 Å². The van der Waals surface area contributed by atoms with Crippen LogP contribution in [-0.2, 0) is 34.7 Å². The van der Waals surface area contributed by atoms with E-state index in [0.717, 1.165) is 0 Å². The van der Waals surface area contributed by atoms with Crippen LogP contribution >= 0.6 is 0 Å². The first-order valence-corrected chi connectivity index (χ1v) is 0. The van der Waals surface area contributed by atoms with Gasteiger partial charge in [-0.05, 0) is 0 Å². The van der Waals surface area contributed by atoms with Crippen LogP contribution in [-0.4, -0.2) is 71.0 Å². The minimum absolute atomic E-state index is 0. The van der Waals surface area contributed by atoms with Gasteiger partial charge in [0.1, 0.15) is 0 Å². The summed E-state index contributed by atoms with van der Waals surface area (Å²) in [5.41, 5.74) is 0. The zero-order chi connectivity index (χ0) is 0. The van der Waals surface area contributed by atoms with E-state index >= 15 is 0 Å². The van der Waals surface area contributed by atoms with Crippen LogP contribution in [0.25, 0.3) is 0 Å². The average Bonchev–Trinajstić information content (AvgIpc) is 0. The summed E-state index contributed by atoms with van der Waals surface area (Å²) < 4.78 is 0. The fourth-order valence-electron chi connectivity index (χ4n) is 0. The molecular formula is Cr2Te3. The topological polar surface area (TPSA) is 0 Å². The van der Waals surface area contributed by atoms with Gasteiger partial charge in [-0.1, -0.05) is 0 Å². The van der Waals surface area contributed by atoms with E-state index < -0.39 is 0 Å². The van der Waals surface area contributed by atoms with Gasteiger partial charge in [-0.25, -0.2) is 0 Å². The molecule has 0 aromatic rings. The first-order chi connectivity index (χ1) is 0. The molecule has 2 radical (unpaired) electrons. The molecule has 0 aliphatic heterocycles. The second-order valence-electron chi connectivity index (χ2n) is 0. The molecule has 0 heterocycles. The van der Waals surface area contributed by atoms with Crippen LogP contribution < -0.4 is 0 Å². The molecule has 0 saturated heterocycles. The van der Waals surface area contributed by atoms with E-state index in [2.05, 4.69) is 0 Å². The van der Waals surface area contributed by atoms with Crippen LogP contribution in [0.4, 0.5) is 0 Å². The third-order valence-corrected chi connectivity index (χ3v) is 0. The summed E-state index contributed by atoms with van der Waals surface area (Å²) in [5.74, 6) is 0. The van der Waals surface area contributed by atoms with Gasteiger partial charge in [-0.3, -0.25) is 0 Å². The van der Waals surface area contributed by atoms with Crippen molar-refractivity contribution in [2.24, 2.45) is 0 Å². The predicted molar refractivity (Wildman–Crippen MR) is 17.3 cm³/mol. The Morgan fingerprint density at radius 1 is 0.400 bits per heavy atom. The van der Waals surface area contributed by atoms with Crippen LogP contribution in [0.1, 0.15) is 0 Å². The third kappa shape index (κ3) is 18.6. The molecule has 5 heteroatoms. The maximum Gasteiger partial charge on any atom is 3.00 e. The average molecular weight is 487 g/mol. The summed E-state index contributed by atoms with van der Waals surface area (Å²) in [7, 11) is 0. The summed E-state index contributed by atoms with van der Waals surface area (Å²) in [6.07, 6.45) is 0. The van der Waals surface area contributed by atoms with Gasteiger partial charge < -0.3 is 71.0 Å². The SMILES string of the molecule is [Cr+3].[Cr+3].[Te-2].[Te-2].[Te-2]. The molecule has 0 amide bonds. The molecule has 0 aliphatic rings. The number of hydrogen-bond acceptors (Lipinski definition) is 0. The molecule has 0 unspecified atom stereocenters. The molecule has 0 bridgehead atoms. The van der Waals surface area contributed by atoms with E-state index in [4.69, 9.17) is 0 Å². The van der Waals surface area contributed by atoms with Crippen LogP contribution in [0.5, 0.6) is 0 Å². The van der Waals surface area contributed by atoms with Crippen molar-refractivity contribution in [3.63, 3.8) is 0 Å². The fourth-order valence-corrected chi connectivity index (χ4v) is 0. The number of rotatable bonds is 0. The summed E-state index contributed by atoms with van der Waals surface area (Å²) >= 11 is 0. The zero-order valence-electron chi connectivity index (χ0n) is 2.04. The molecule has 30 valence electrons. The molecule has 0 spiro atoms. The summed E-state index contributed by atoms with van der Waals surface area (Å²) in [6, 6.07) is 0. The maximum atomic E-state index is 0. The molecule has 0 saturated carbocycles. The van der Waals surface area contributed by atoms with Crippen molar-refractivity contribution < 1.29 is 34.7 Å². The molecule has 0 fully saturated rings. The molecular weight excluding hydrogens is 487 g/mol. The molecule has 0 rings (SSSR count). The van der Waals surface area contributed by atoms with Crippen molar-refractivity contribution in [1.29, 1.82) is 0 Å². The smallest absolute Gasteiger partial charge is 2.00 e. The van der Waals surface area contributed by atoms with Crippen molar-refractivity contribution in [3.05, 3.63) is 0 Å². The Labute approximate surface area is 104 Å². The molecule has 0 N–H and O–H groups in total. The first kappa shape index (κ1) is 39.5. The van der Waals surface area contributed by atoms with Gasteiger partial charge >= 0.3 is 34.7 Å². The zero-order valence-corrected chi connectivity index (χ0v) is 11.6. The monoisotopic (exact) mass is 494 g/mol. The third-order valence-electron chi connectivity index (χ3n) is 0. The Kier molecular flexibility index (Phi) is 206. The Morgan fingerprint density at radius 3 is 0.400 bits per heavy atom. The van der Waals surface area contributed by atoms with Crippen molar-refractivity contribution in [2.45, 2.75) is 0 Å². The fraction of sp³-hybridized carbons (Fsp3) is 0. The quantitative estimate of drug-likeness (QED) is 0.380. The van der Waals surface area contributed by atoms with E-state index in [9.17, 15) is 0 Å². The van der Waals surface area contributed by atoms with Crippen molar-refractivity contribution >= 4 is 71.0 Å². The number of hydrogen-bond donors (Lipinski definition) is 0. The van der Waals surface area contributed by atoms with E-state index in [1.165, 1.54) is 0 Å². The van der Waals surface area contributed by atoms with Crippen molar-refractivity contribution in [3.8, 4) is 0 Å². The van der Waals surface area contributed by atoms with Crippen LogP contribution in [0.3, 0.4) is 0 Å². The maximum absolute atomic E-state index is 0. The normalized spacial score (nSPS) is 0. The van der Waals surface area contributed by atoms with Gasteiger partial charge in [0.15, 0.2) is 0 Å². The summed E-state index contributed by atoms with van der Waals surface area (Å²) in [6.45, 7) is 0. The van der Waals surface area contributed by atoms with Gasteiger partial charge in [0.25, 0.3) is 0 Å². The van der Waals surface area contributed by atoms with E-state index in [1.807, 2.05) is 0 Å². The van der Waals surface area contributed by atoms with Crippen LogP contribution in [0.15, 0.2) is 0 Å². The Morgan fingerprint density at radius 2 is 0.400 bits per heavy atom. The standard InChI is InChI=1S/2Cr.3Te/q2*+3;3*-2. The largest absolute Gasteiger partial charge is 3.00 e. The molecule has 0 aromatic heterocycles. The minimum atomic E-state index is 0. The summed E-state index contributed by atoms with van der Waals surface area (Å²) in [5, 5.41) is 0. The Bertz CT molecular complexity index is 4.85. The Hall–Kier alpha value is 3.43. The van der Waals surface area contributed by atoms with Gasteiger partial charge in [0, 0.05) is 0 Å². The molecule has 0 nitrogen and oxygen atoms in total. The predicted octanol–water partition coefficient (Wildman–Crippen LogP) is -1.15. The molecule has 0 atom stereocenters. The van der Waals surface area contributed by atoms with Gasteiger partial charge in [-0.2, -0.15) is 0 Å². The van der Waals surface area contributed by atoms with E-state index in [1.54, 1.807) is 0 Å². The van der Waals surface area contributed by atoms with E-state index in [0.29, 0.717) is 0 Å². The van der Waals surface area contributed by atoms with E-state index in [-0.39, 0.29) is 106 Å². The van der Waals surface area contributed by atoms with Gasteiger partial charge in [0.05, 0.1) is 0 Å². The van der Waals surface area contributed by atoms with Crippen molar-refractivity contribution in [2.75, 3.05) is 0 Å². The minimum Gasteiger partial charge on any atom is -2.00 e. The second-order valence-corrected chi connectivity index (χ2v) is 0. The van der Waals surface area contributed by atoms with Crippen LogP contribution in [0, 0.1) is 0 Å². The second kappa shape index (κ2) is 26.1. The van der Waals surface area contributed by atoms with Crippen molar-refractivity contribution in [1.82, 2.24) is 0 Å². The first-order valence-electron chi connectivity index (χ1n) is 0. The van der Waals surface area contributed by atoms with Gasteiger partial charge in [-0.15, -0.1) is 0 Å². The van der Waals surface area contributed by atoms with Gasteiger partial charge in [0.2, 0.25) is 0 Å². The Balaban J connectivity index is 0.